The van der Waals surface area contributed by atoms with Gasteiger partial charge in [0.1, 0.15) is 0 Å². The van der Waals surface area contributed by atoms with Gasteiger partial charge in [-0.3, -0.25) is 9.59 Å². The number of nitrogens with one attached hydrogen (secondary N) is 1. The number of nitrogen functional groups attached to an aromatic ring is 1. The number of rotatable bonds is 3. The molecule has 1 aliphatic rings. The molecule has 1 heterocycles. The molecular weight excluding hydrogens is 354 g/mol. The van der Waals surface area contributed by atoms with Gasteiger partial charge in [0.15, 0.2) is 5.78 Å². The quantitative estimate of drug-likeness (QED) is 0.611. The zero-order valence-corrected chi connectivity index (χ0v) is 16.2. The van der Waals surface area contributed by atoms with Gasteiger partial charge in [-0.1, -0.05) is 19.9 Å². The number of carbonyl (C=O) groups excluding carboxylic acids is 2. The fourth-order valence-corrected chi connectivity index (χ4v) is 4.05. The number of hydrogen-bond donors (Lipinski definition) is 3. The number of ketones is 1. The third-order valence-electron chi connectivity index (χ3n) is 5.64. The van der Waals surface area contributed by atoms with E-state index in [0.717, 1.165) is 22.2 Å². The van der Waals surface area contributed by atoms with E-state index in [-0.39, 0.29) is 24.8 Å². The van der Waals surface area contributed by atoms with Gasteiger partial charge in [0, 0.05) is 52.4 Å². The number of aliphatic hydroxyl groups is 1. The van der Waals surface area contributed by atoms with Crippen molar-refractivity contribution in [1.82, 2.24) is 9.88 Å². The number of carbonyl (C=O) groups is 2. The van der Waals surface area contributed by atoms with Gasteiger partial charge < -0.3 is 20.7 Å². The Morgan fingerprint density at radius 3 is 2.68 bits per heavy atom. The van der Waals surface area contributed by atoms with Crippen LogP contribution in [0, 0.1) is 0 Å². The Morgan fingerprint density at radius 2 is 1.96 bits per heavy atom. The molecular formula is C22H23N3O3. The van der Waals surface area contributed by atoms with Crippen molar-refractivity contribution in [2.24, 2.45) is 0 Å². The second-order valence-corrected chi connectivity index (χ2v) is 7.84. The van der Waals surface area contributed by atoms with Crippen LogP contribution in [0.5, 0.6) is 0 Å². The lowest BCUT2D eigenvalue weighted by Gasteiger charge is -2.32. The Kier molecular flexibility index (Phi) is 4.05. The van der Waals surface area contributed by atoms with Gasteiger partial charge >= 0.3 is 0 Å². The van der Waals surface area contributed by atoms with Crippen LogP contribution in [0.4, 0.5) is 5.69 Å². The lowest BCUT2D eigenvalue weighted by Crippen LogP contribution is -2.32. The molecule has 6 heteroatoms. The van der Waals surface area contributed by atoms with Crippen LogP contribution in [0.15, 0.2) is 36.4 Å². The van der Waals surface area contributed by atoms with Crippen molar-refractivity contribution in [3.63, 3.8) is 0 Å². The third kappa shape index (κ3) is 2.52. The Balaban J connectivity index is 1.89. The molecule has 28 heavy (non-hydrogen) atoms. The molecule has 144 valence electrons. The molecule has 6 nitrogen and oxygen atoms in total. The van der Waals surface area contributed by atoms with E-state index < -0.39 is 5.41 Å². The summed E-state index contributed by atoms with van der Waals surface area (Å²) in [6.07, 6.45) is 0. The van der Waals surface area contributed by atoms with Gasteiger partial charge in [0.05, 0.1) is 12.2 Å². The van der Waals surface area contributed by atoms with Crippen LogP contribution in [0.2, 0.25) is 0 Å². The van der Waals surface area contributed by atoms with E-state index in [1.165, 1.54) is 4.90 Å². The largest absolute Gasteiger partial charge is 0.399 e. The number of anilines is 1. The highest BCUT2D eigenvalue weighted by Gasteiger charge is 2.40. The van der Waals surface area contributed by atoms with Gasteiger partial charge in [0.2, 0.25) is 0 Å². The van der Waals surface area contributed by atoms with Crippen molar-refractivity contribution in [3.8, 4) is 0 Å². The van der Waals surface area contributed by atoms with Crippen LogP contribution >= 0.6 is 0 Å². The number of benzene rings is 2. The van der Waals surface area contributed by atoms with E-state index in [1.54, 1.807) is 31.3 Å². The lowest BCUT2D eigenvalue weighted by atomic mass is 9.71. The topological polar surface area (TPSA) is 99.4 Å². The van der Waals surface area contributed by atoms with Gasteiger partial charge in [-0.2, -0.15) is 0 Å². The minimum absolute atomic E-state index is 0.0527. The molecule has 2 aromatic carbocycles. The predicted octanol–water partition coefficient (Wildman–Crippen LogP) is 2.68. The Bertz CT molecular complexity index is 1130. The zero-order chi connectivity index (χ0) is 20.2. The molecule has 0 saturated heterocycles. The predicted molar refractivity (Wildman–Crippen MR) is 109 cm³/mol. The highest BCUT2D eigenvalue weighted by Crippen LogP contribution is 2.44. The van der Waals surface area contributed by atoms with Gasteiger partial charge in [0.25, 0.3) is 5.91 Å². The maximum Gasteiger partial charge on any atom is 0.253 e. The normalized spacial score (nSPS) is 14.6. The highest BCUT2D eigenvalue weighted by atomic mass is 16.3. The average molecular weight is 377 g/mol. The smallest absolute Gasteiger partial charge is 0.253 e. The maximum atomic E-state index is 13.3. The Morgan fingerprint density at radius 1 is 1.21 bits per heavy atom. The van der Waals surface area contributed by atoms with Crippen LogP contribution in [0.3, 0.4) is 0 Å². The van der Waals surface area contributed by atoms with Gasteiger partial charge in [-0.15, -0.1) is 0 Å². The fourth-order valence-electron chi connectivity index (χ4n) is 4.05. The molecule has 4 N–H and O–H groups in total. The van der Waals surface area contributed by atoms with Crippen molar-refractivity contribution < 1.29 is 14.7 Å². The number of hydrogen-bond acceptors (Lipinski definition) is 4. The summed E-state index contributed by atoms with van der Waals surface area (Å²) in [6.45, 7) is 4.24. The highest BCUT2D eigenvalue weighted by molar-refractivity contribution is 6.20. The van der Waals surface area contributed by atoms with Crippen LogP contribution < -0.4 is 5.73 Å². The van der Waals surface area contributed by atoms with Crippen LogP contribution in [-0.4, -0.2) is 46.9 Å². The molecule has 0 bridgehead atoms. The summed E-state index contributed by atoms with van der Waals surface area (Å²) in [7, 11) is 1.65. The van der Waals surface area contributed by atoms with E-state index in [1.807, 2.05) is 26.0 Å². The zero-order valence-electron chi connectivity index (χ0n) is 16.2. The molecule has 1 amide bonds. The average Bonchev–Trinajstić information content (AvgIpc) is 3.05. The molecule has 0 radical (unpaired) electrons. The Hall–Kier alpha value is -3.12. The minimum Gasteiger partial charge on any atom is -0.399 e. The molecule has 0 unspecified atom stereocenters. The molecule has 0 aliphatic heterocycles. The van der Waals surface area contributed by atoms with E-state index in [4.69, 9.17) is 10.8 Å². The molecule has 0 saturated carbocycles. The second kappa shape index (κ2) is 6.21. The summed E-state index contributed by atoms with van der Waals surface area (Å²) >= 11 is 0. The SMILES string of the molecule is CN(CCO)C(=O)c1ccc2c(c1)C(C)(C)c1[nH]c3cc(N)ccc3c1C2=O. The number of amides is 1. The molecule has 0 atom stereocenters. The number of fused-ring (bicyclic) bond motifs is 4. The van der Waals surface area contributed by atoms with E-state index in [9.17, 15) is 9.59 Å². The first-order valence-electron chi connectivity index (χ1n) is 9.23. The number of nitrogens with zero attached hydrogens (tertiary/aromatic N) is 1. The molecule has 0 fully saturated rings. The van der Waals surface area contributed by atoms with Gasteiger partial charge in [-0.25, -0.2) is 0 Å². The Labute approximate surface area is 163 Å². The number of aliphatic hydroxyl groups excluding tert-OH is 1. The van der Waals surface area contributed by atoms with Crippen molar-refractivity contribution in [2.75, 3.05) is 25.9 Å². The summed E-state index contributed by atoms with van der Waals surface area (Å²) in [5.41, 5.74) is 10.3. The number of H-pyrrole nitrogens is 1. The summed E-state index contributed by atoms with van der Waals surface area (Å²) in [5, 5.41) is 9.95. The fraction of sp³-hybridized carbons (Fsp3) is 0.273. The summed E-state index contributed by atoms with van der Waals surface area (Å²) < 4.78 is 0. The van der Waals surface area contributed by atoms with Gasteiger partial charge in [-0.05, 0) is 35.9 Å². The van der Waals surface area contributed by atoms with Crippen LogP contribution in [0.25, 0.3) is 10.9 Å². The lowest BCUT2D eigenvalue weighted by molar-refractivity contribution is 0.0766. The first-order chi connectivity index (χ1) is 13.3. The van der Waals surface area contributed by atoms with Crippen LogP contribution in [0.1, 0.15) is 51.4 Å². The number of aromatic amines is 1. The summed E-state index contributed by atoms with van der Waals surface area (Å²) in [5.74, 6) is -0.238. The molecule has 0 spiro atoms. The molecule has 3 aromatic rings. The third-order valence-corrected chi connectivity index (χ3v) is 5.64. The first-order valence-corrected chi connectivity index (χ1v) is 9.23. The summed E-state index contributed by atoms with van der Waals surface area (Å²) in [4.78, 5) is 30.8. The number of nitrogens with two attached hydrogens (primary N) is 1. The van der Waals surface area contributed by atoms with E-state index in [0.29, 0.717) is 22.4 Å². The van der Waals surface area contributed by atoms with Crippen molar-refractivity contribution in [2.45, 2.75) is 19.3 Å². The molecule has 1 aliphatic carbocycles. The van der Waals surface area contributed by atoms with Crippen LogP contribution in [-0.2, 0) is 5.41 Å². The van der Waals surface area contributed by atoms with E-state index >= 15 is 0 Å². The minimum atomic E-state index is -0.488. The van der Waals surface area contributed by atoms with Crippen molar-refractivity contribution in [1.29, 1.82) is 0 Å². The first kappa shape index (κ1) is 18.3. The standard InChI is InChI=1S/C22H23N3O3/c1-22(2)16-10-12(21(28)25(3)8-9-26)4-6-14(16)19(27)18-15-7-5-13(23)11-17(15)24-20(18)22/h4-7,10-11,24,26H,8-9,23H2,1-3H3. The number of aromatic nitrogens is 1. The maximum absolute atomic E-state index is 13.3. The monoisotopic (exact) mass is 377 g/mol. The molecule has 1 aromatic heterocycles. The van der Waals surface area contributed by atoms with Crippen molar-refractivity contribution >= 4 is 28.3 Å². The number of likely N-dealkylation sites (N-methyl/N-ethyl adjacent to an activating group) is 1. The summed E-state index contributed by atoms with van der Waals surface area (Å²) in [6, 6.07) is 10.7. The van der Waals surface area contributed by atoms with E-state index in [2.05, 4.69) is 4.98 Å². The second-order valence-electron chi connectivity index (χ2n) is 7.84. The molecule has 4 rings (SSSR count). The van der Waals surface area contributed by atoms with Crippen molar-refractivity contribution in [3.05, 3.63) is 64.3 Å².